The van der Waals surface area contributed by atoms with Gasteiger partial charge in [-0.25, -0.2) is 4.98 Å². The van der Waals surface area contributed by atoms with Gasteiger partial charge in [-0.05, 0) is 0 Å². The van der Waals surface area contributed by atoms with Crippen LogP contribution in [0.15, 0.2) is 6.33 Å². The first-order valence-corrected chi connectivity index (χ1v) is 3.39. The summed E-state index contributed by atoms with van der Waals surface area (Å²) in [6, 6.07) is 0. The fourth-order valence-electron chi connectivity index (χ4n) is 1.12. The lowest BCUT2D eigenvalue weighted by Crippen LogP contribution is -2.01. The molecule has 0 amide bonds. The van der Waals surface area contributed by atoms with Crippen LogP contribution in [-0.2, 0) is 7.05 Å². The molecule has 0 aliphatic carbocycles. The molecule has 0 fully saturated rings. The van der Waals surface area contributed by atoms with Gasteiger partial charge in [0.05, 0.1) is 6.33 Å². The molecule has 6 nitrogen and oxygen atoms in total. The second-order valence-electron chi connectivity index (χ2n) is 2.52. The number of hydrogen-bond donors (Lipinski definition) is 2. The summed E-state index contributed by atoms with van der Waals surface area (Å²) in [4.78, 5) is 4.03. The van der Waals surface area contributed by atoms with E-state index in [1.165, 1.54) is 0 Å². The third kappa shape index (κ3) is 0.714. The molecule has 0 aliphatic heterocycles. The Morgan fingerprint density at radius 2 is 1.92 bits per heavy atom. The normalized spacial score (nSPS) is 10.8. The summed E-state index contributed by atoms with van der Waals surface area (Å²) in [6.45, 7) is 0. The molecule has 2 heterocycles. The molecule has 0 bridgehead atoms. The average molecular weight is 164 g/mol. The monoisotopic (exact) mass is 164 g/mol. The maximum absolute atomic E-state index is 5.58. The SMILES string of the molecule is Cn1cnc2c(N)nnc(N)c21. The maximum Gasteiger partial charge on any atom is 0.174 e. The summed E-state index contributed by atoms with van der Waals surface area (Å²) in [5, 5.41) is 7.33. The summed E-state index contributed by atoms with van der Waals surface area (Å²) in [7, 11) is 1.83. The molecule has 2 aromatic rings. The van der Waals surface area contributed by atoms with E-state index in [0.29, 0.717) is 17.2 Å². The summed E-state index contributed by atoms with van der Waals surface area (Å²) >= 11 is 0. The first-order valence-electron chi connectivity index (χ1n) is 3.39. The van der Waals surface area contributed by atoms with Crippen molar-refractivity contribution in [3.63, 3.8) is 0 Å². The van der Waals surface area contributed by atoms with Gasteiger partial charge in [-0.1, -0.05) is 0 Å². The Morgan fingerprint density at radius 3 is 2.58 bits per heavy atom. The highest BCUT2D eigenvalue weighted by Crippen LogP contribution is 2.19. The Bertz CT molecular complexity index is 431. The van der Waals surface area contributed by atoms with E-state index in [-0.39, 0.29) is 0 Å². The number of aryl methyl sites for hydroxylation is 1. The van der Waals surface area contributed by atoms with Crippen molar-refractivity contribution in [3.05, 3.63) is 6.33 Å². The van der Waals surface area contributed by atoms with Crippen LogP contribution in [-0.4, -0.2) is 19.7 Å². The Hall–Kier alpha value is -1.85. The van der Waals surface area contributed by atoms with Crippen LogP contribution in [0.3, 0.4) is 0 Å². The average Bonchev–Trinajstić information content (AvgIpc) is 2.42. The fourth-order valence-corrected chi connectivity index (χ4v) is 1.12. The molecule has 0 radical (unpaired) electrons. The van der Waals surface area contributed by atoms with Crippen LogP contribution in [0.5, 0.6) is 0 Å². The highest BCUT2D eigenvalue weighted by atomic mass is 15.2. The second-order valence-corrected chi connectivity index (χ2v) is 2.52. The van der Waals surface area contributed by atoms with Crippen molar-refractivity contribution >= 4 is 22.7 Å². The lowest BCUT2D eigenvalue weighted by atomic mass is 10.4. The highest BCUT2D eigenvalue weighted by Gasteiger charge is 2.08. The smallest absolute Gasteiger partial charge is 0.174 e. The summed E-state index contributed by atoms with van der Waals surface area (Å²) in [5.74, 6) is 0.652. The summed E-state index contributed by atoms with van der Waals surface area (Å²) < 4.78 is 1.76. The predicted molar refractivity (Wildman–Crippen MR) is 45.1 cm³/mol. The maximum atomic E-state index is 5.58. The number of imidazole rings is 1. The van der Waals surface area contributed by atoms with Crippen LogP contribution in [0.1, 0.15) is 0 Å². The molecule has 62 valence electrons. The van der Waals surface area contributed by atoms with Crippen LogP contribution < -0.4 is 11.5 Å². The van der Waals surface area contributed by atoms with Crippen LogP contribution in [0.2, 0.25) is 0 Å². The van der Waals surface area contributed by atoms with Crippen molar-refractivity contribution in [2.45, 2.75) is 0 Å². The second kappa shape index (κ2) is 2.07. The van der Waals surface area contributed by atoms with Gasteiger partial charge in [0.2, 0.25) is 0 Å². The van der Waals surface area contributed by atoms with Crippen molar-refractivity contribution in [2.75, 3.05) is 11.5 Å². The van der Waals surface area contributed by atoms with Crippen LogP contribution in [0, 0.1) is 0 Å². The van der Waals surface area contributed by atoms with E-state index >= 15 is 0 Å². The number of nitrogens with zero attached hydrogens (tertiary/aromatic N) is 4. The number of anilines is 2. The minimum absolute atomic E-state index is 0.305. The number of fused-ring (bicyclic) bond motifs is 1. The number of nitrogen functional groups attached to an aromatic ring is 2. The van der Waals surface area contributed by atoms with Gasteiger partial charge >= 0.3 is 0 Å². The molecule has 0 aromatic carbocycles. The zero-order valence-corrected chi connectivity index (χ0v) is 6.52. The Labute approximate surface area is 68.2 Å². The topological polar surface area (TPSA) is 95.6 Å². The molecule has 0 spiro atoms. The minimum atomic E-state index is 0.305. The fraction of sp³-hybridized carbons (Fsp3) is 0.167. The largest absolute Gasteiger partial charge is 0.380 e. The third-order valence-corrected chi connectivity index (χ3v) is 1.69. The van der Waals surface area contributed by atoms with E-state index in [1.807, 2.05) is 7.05 Å². The molecule has 0 aliphatic rings. The van der Waals surface area contributed by atoms with E-state index in [2.05, 4.69) is 15.2 Å². The molecule has 2 aromatic heterocycles. The van der Waals surface area contributed by atoms with E-state index in [9.17, 15) is 0 Å². The van der Waals surface area contributed by atoms with Crippen LogP contribution >= 0.6 is 0 Å². The number of rotatable bonds is 0. The molecular weight excluding hydrogens is 156 g/mol. The molecule has 0 atom stereocenters. The summed E-state index contributed by atoms with van der Waals surface area (Å²) in [6.07, 6.45) is 1.63. The molecule has 2 rings (SSSR count). The first kappa shape index (κ1) is 6.84. The van der Waals surface area contributed by atoms with Crippen molar-refractivity contribution in [1.82, 2.24) is 19.7 Å². The van der Waals surface area contributed by atoms with Crippen molar-refractivity contribution in [3.8, 4) is 0 Å². The van der Waals surface area contributed by atoms with Crippen molar-refractivity contribution in [2.24, 2.45) is 7.05 Å². The van der Waals surface area contributed by atoms with Gasteiger partial charge in [0.1, 0.15) is 11.0 Å². The highest BCUT2D eigenvalue weighted by molar-refractivity contribution is 5.91. The first-order chi connectivity index (χ1) is 5.70. The van der Waals surface area contributed by atoms with Crippen molar-refractivity contribution < 1.29 is 0 Å². The van der Waals surface area contributed by atoms with Crippen molar-refractivity contribution in [1.29, 1.82) is 0 Å². The lowest BCUT2D eigenvalue weighted by Gasteiger charge is -1.98. The minimum Gasteiger partial charge on any atom is -0.380 e. The molecule has 0 saturated carbocycles. The van der Waals surface area contributed by atoms with Gasteiger partial charge in [-0.2, -0.15) is 0 Å². The van der Waals surface area contributed by atoms with Gasteiger partial charge in [-0.15, -0.1) is 10.2 Å². The van der Waals surface area contributed by atoms with E-state index in [1.54, 1.807) is 10.9 Å². The van der Waals surface area contributed by atoms with Gasteiger partial charge in [-0.3, -0.25) is 0 Å². The number of nitrogens with two attached hydrogens (primary N) is 2. The molecular formula is C6H8N6. The van der Waals surface area contributed by atoms with Gasteiger partial charge < -0.3 is 16.0 Å². The molecule has 0 saturated heterocycles. The Morgan fingerprint density at radius 1 is 1.25 bits per heavy atom. The molecule has 4 N–H and O–H groups in total. The molecule has 6 heteroatoms. The number of hydrogen-bond acceptors (Lipinski definition) is 5. The lowest BCUT2D eigenvalue weighted by molar-refractivity contribution is 0.942. The number of aromatic nitrogens is 4. The third-order valence-electron chi connectivity index (χ3n) is 1.69. The van der Waals surface area contributed by atoms with Gasteiger partial charge in [0, 0.05) is 7.05 Å². The standard InChI is InChI=1S/C6H8N6/c1-12-2-9-3-4(12)6(8)11-10-5(3)7/h2H,1H3,(H2,7,10)(H2,8,11). The summed E-state index contributed by atoms with van der Waals surface area (Å²) in [5.41, 5.74) is 12.4. The zero-order valence-electron chi connectivity index (χ0n) is 6.52. The van der Waals surface area contributed by atoms with Gasteiger partial charge in [0.25, 0.3) is 0 Å². The van der Waals surface area contributed by atoms with Gasteiger partial charge in [0.15, 0.2) is 11.6 Å². The predicted octanol–water partition coefficient (Wildman–Crippen LogP) is -0.472. The molecule has 12 heavy (non-hydrogen) atoms. The van der Waals surface area contributed by atoms with Crippen LogP contribution in [0.25, 0.3) is 11.0 Å². The quantitative estimate of drug-likeness (QED) is 0.548. The van der Waals surface area contributed by atoms with E-state index in [4.69, 9.17) is 11.5 Å². The van der Waals surface area contributed by atoms with E-state index < -0.39 is 0 Å². The van der Waals surface area contributed by atoms with E-state index in [0.717, 1.165) is 5.52 Å². The zero-order chi connectivity index (χ0) is 8.72. The van der Waals surface area contributed by atoms with Crippen LogP contribution in [0.4, 0.5) is 11.6 Å². The Kier molecular flexibility index (Phi) is 1.18. The Balaban J connectivity index is 2.98. The molecule has 0 unspecified atom stereocenters.